The van der Waals surface area contributed by atoms with Crippen molar-refractivity contribution in [2.45, 2.75) is 18.6 Å². The number of halogens is 4. The number of nitrogens with two attached hydrogens (primary N) is 1. The first-order valence-electron chi connectivity index (χ1n) is 5.21. The van der Waals surface area contributed by atoms with E-state index in [9.17, 15) is 18.0 Å². The molecule has 2 N–H and O–H groups in total. The number of hydrogen-bond donors (Lipinski definition) is 1. The Kier molecular flexibility index (Phi) is 3.25. The Balaban J connectivity index is 2.34. The van der Waals surface area contributed by atoms with Gasteiger partial charge in [-0.2, -0.15) is 13.2 Å². The zero-order valence-electron chi connectivity index (χ0n) is 9.17. The molecule has 1 unspecified atom stereocenters. The lowest BCUT2D eigenvalue weighted by Crippen LogP contribution is -2.28. The highest BCUT2D eigenvalue weighted by atomic mass is 35.5. The number of anilines is 1. The van der Waals surface area contributed by atoms with Crippen molar-refractivity contribution >= 4 is 23.2 Å². The number of nitrogens with zero attached hydrogens (tertiary/aromatic N) is 1. The number of carbonyl (C=O) groups is 1. The number of alkyl halides is 3. The highest BCUT2D eigenvalue weighted by molar-refractivity contribution is 6.34. The average Bonchev–Trinajstić information content (AvgIpc) is 2.56. The van der Waals surface area contributed by atoms with E-state index in [2.05, 4.69) is 0 Å². The summed E-state index contributed by atoms with van der Waals surface area (Å²) in [7, 11) is 0. The topological polar surface area (TPSA) is 46.3 Å². The Bertz CT molecular complexity index is 490. The fraction of sp³-hybridized carbons (Fsp3) is 0.364. The van der Waals surface area contributed by atoms with Crippen LogP contribution in [-0.2, 0) is 11.0 Å². The molecule has 1 aromatic carbocycles. The van der Waals surface area contributed by atoms with Crippen molar-refractivity contribution in [3.63, 3.8) is 0 Å². The summed E-state index contributed by atoms with van der Waals surface area (Å²) in [6.07, 6.45) is -4.27. The molecule has 3 nitrogen and oxygen atoms in total. The van der Waals surface area contributed by atoms with E-state index in [1.165, 1.54) is 11.0 Å². The van der Waals surface area contributed by atoms with Crippen LogP contribution in [0.3, 0.4) is 0 Å². The van der Waals surface area contributed by atoms with Crippen LogP contribution in [-0.4, -0.2) is 18.5 Å². The zero-order chi connectivity index (χ0) is 13.5. The van der Waals surface area contributed by atoms with Crippen LogP contribution in [0.1, 0.15) is 12.0 Å². The van der Waals surface area contributed by atoms with Crippen LogP contribution < -0.4 is 10.6 Å². The highest BCUT2D eigenvalue weighted by Gasteiger charge is 2.33. The molecule has 1 saturated heterocycles. The van der Waals surface area contributed by atoms with Crippen LogP contribution in [0.15, 0.2) is 18.2 Å². The SMILES string of the molecule is NC1CC(=O)N(c2ccc(C(F)(F)F)cc2Cl)C1. The molecule has 1 aliphatic heterocycles. The minimum absolute atomic E-state index is 0.104. The predicted molar refractivity (Wildman–Crippen MR) is 61.4 cm³/mol. The summed E-state index contributed by atoms with van der Waals surface area (Å²) >= 11 is 5.79. The molecular formula is C11H10ClF3N2O. The molecule has 0 spiro atoms. The first-order valence-corrected chi connectivity index (χ1v) is 5.59. The van der Waals surface area contributed by atoms with Crippen LogP contribution in [0, 0.1) is 0 Å². The van der Waals surface area contributed by atoms with Gasteiger partial charge in [-0.25, -0.2) is 0 Å². The van der Waals surface area contributed by atoms with E-state index in [0.29, 0.717) is 0 Å². The van der Waals surface area contributed by atoms with E-state index < -0.39 is 11.7 Å². The molecule has 7 heteroatoms. The van der Waals surface area contributed by atoms with Crippen LogP contribution in [0.25, 0.3) is 0 Å². The maximum absolute atomic E-state index is 12.5. The van der Waals surface area contributed by atoms with Gasteiger partial charge in [0.05, 0.1) is 16.3 Å². The molecule has 0 aliphatic carbocycles. The molecule has 1 atom stereocenters. The Morgan fingerprint density at radius 3 is 2.50 bits per heavy atom. The summed E-state index contributed by atoms with van der Waals surface area (Å²) in [6, 6.07) is 2.60. The predicted octanol–water partition coefficient (Wildman–Crippen LogP) is 2.42. The first kappa shape index (κ1) is 13.2. The van der Waals surface area contributed by atoms with Crippen molar-refractivity contribution < 1.29 is 18.0 Å². The molecule has 0 saturated carbocycles. The molecule has 1 aliphatic rings. The number of amides is 1. The van der Waals surface area contributed by atoms with Gasteiger partial charge >= 0.3 is 6.18 Å². The molecule has 0 radical (unpaired) electrons. The van der Waals surface area contributed by atoms with Gasteiger partial charge < -0.3 is 10.6 Å². The summed E-state index contributed by atoms with van der Waals surface area (Å²) in [4.78, 5) is 12.9. The second kappa shape index (κ2) is 4.44. The zero-order valence-corrected chi connectivity index (χ0v) is 9.92. The van der Waals surface area contributed by atoms with Gasteiger partial charge in [-0.05, 0) is 18.2 Å². The minimum Gasteiger partial charge on any atom is -0.326 e. The van der Waals surface area contributed by atoms with E-state index in [0.717, 1.165) is 12.1 Å². The Morgan fingerprint density at radius 2 is 2.06 bits per heavy atom. The molecular weight excluding hydrogens is 269 g/mol. The standard InChI is InChI=1S/C11H10ClF3N2O/c12-8-3-6(11(13,14)15)1-2-9(8)17-5-7(16)4-10(17)18/h1-3,7H,4-5,16H2. The van der Waals surface area contributed by atoms with Crippen molar-refractivity contribution in [2.24, 2.45) is 5.73 Å². The van der Waals surface area contributed by atoms with Gasteiger partial charge in [0.2, 0.25) is 5.91 Å². The van der Waals surface area contributed by atoms with Gasteiger partial charge in [0.25, 0.3) is 0 Å². The fourth-order valence-electron chi connectivity index (χ4n) is 1.87. The molecule has 1 fully saturated rings. The van der Waals surface area contributed by atoms with Gasteiger partial charge in [-0.3, -0.25) is 4.79 Å². The third-order valence-corrected chi connectivity index (χ3v) is 3.02. The van der Waals surface area contributed by atoms with Crippen molar-refractivity contribution in [2.75, 3.05) is 11.4 Å². The van der Waals surface area contributed by atoms with Crippen LogP contribution in [0.2, 0.25) is 5.02 Å². The van der Waals surface area contributed by atoms with Crippen molar-refractivity contribution in [3.8, 4) is 0 Å². The van der Waals surface area contributed by atoms with E-state index in [-0.39, 0.29) is 35.6 Å². The molecule has 1 amide bonds. The second-order valence-electron chi connectivity index (χ2n) is 4.13. The Labute approximate surface area is 106 Å². The number of hydrogen-bond acceptors (Lipinski definition) is 2. The molecule has 98 valence electrons. The van der Waals surface area contributed by atoms with Crippen LogP contribution >= 0.6 is 11.6 Å². The lowest BCUT2D eigenvalue weighted by atomic mass is 10.2. The van der Waals surface area contributed by atoms with E-state index in [4.69, 9.17) is 17.3 Å². The summed E-state index contributed by atoms with van der Waals surface area (Å²) in [5, 5.41) is -0.104. The van der Waals surface area contributed by atoms with Gasteiger partial charge in [0.1, 0.15) is 0 Å². The fourth-order valence-corrected chi connectivity index (χ4v) is 2.15. The summed E-state index contributed by atoms with van der Waals surface area (Å²) in [5.74, 6) is -0.232. The Hall–Kier alpha value is -1.27. The van der Waals surface area contributed by atoms with Gasteiger partial charge in [-0.1, -0.05) is 11.6 Å². The third-order valence-electron chi connectivity index (χ3n) is 2.72. The molecule has 0 bridgehead atoms. The minimum atomic E-state index is -4.45. The smallest absolute Gasteiger partial charge is 0.326 e. The molecule has 2 rings (SSSR count). The van der Waals surface area contributed by atoms with Crippen molar-refractivity contribution in [1.82, 2.24) is 0 Å². The van der Waals surface area contributed by atoms with Gasteiger partial charge in [0, 0.05) is 19.0 Å². The third kappa shape index (κ3) is 2.44. The Morgan fingerprint density at radius 1 is 1.39 bits per heavy atom. The highest BCUT2D eigenvalue weighted by Crippen LogP contribution is 2.36. The average molecular weight is 279 g/mol. The van der Waals surface area contributed by atoms with Crippen molar-refractivity contribution in [3.05, 3.63) is 28.8 Å². The quantitative estimate of drug-likeness (QED) is 0.857. The van der Waals surface area contributed by atoms with Gasteiger partial charge in [-0.15, -0.1) is 0 Å². The van der Waals surface area contributed by atoms with E-state index in [1.807, 2.05) is 0 Å². The second-order valence-corrected chi connectivity index (χ2v) is 4.54. The normalized spacial score (nSPS) is 20.6. The van der Waals surface area contributed by atoms with Crippen LogP contribution in [0.4, 0.5) is 18.9 Å². The van der Waals surface area contributed by atoms with Gasteiger partial charge in [0.15, 0.2) is 0 Å². The number of benzene rings is 1. The maximum atomic E-state index is 12.5. The largest absolute Gasteiger partial charge is 0.416 e. The lowest BCUT2D eigenvalue weighted by molar-refractivity contribution is -0.137. The van der Waals surface area contributed by atoms with E-state index in [1.54, 1.807) is 0 Å². The number of carbonyl (C=O) groups excluding carboxylic acids is 1. The van der Waals surface area contributed by atoms with Crippen molar-refractivity contribution in [1.29, 1.82) is 0 Å². The molecule has 1 heterocycles. The van der Waals surface area contributed by atoms with E-state index >= 15 is 0 Å². The maximum Gasteiger partial charge on any atom is 0.416 e. The summed E-state index contributed by atoms with van der Waals surface area (Å²) in [6.45, 7) is 0.268. The number of rotatable bonds is 1. The summed E-state index contributed by atoms with van der Waals surface area (Å²) < 4.78 is 37.4. The van der Waals surface area contributed by atoms with Crippen LogP contribution in [0.5, 0.6) is 0 Å². The molecule has 18 heavy (non-hydrogen) atoms. The molecule has 1 aromatic rings. The monoisotopic (exact) mass is 278 g/mol. The summed E-state index contributed by atoms with van der Waals surface area (Å²) in [5.41, 5.74) is 5.04. The lowest BCUT2D eigenvalue weighted by Gasteiger charge is -2.18. The molecule has 0 aromatic heterocycles. The first-order chi connectivity index (χ1) is 8.29.